The lowest BCUT2D eigenvalue weighted by molar-refractivity contribution is 0.181. The van der Waals surface area contributed by atoms with E-state index in [1.54, 1.807) is 0 Å². The number of hydrogen-bond acceptors (Lipinski definition) is 1. The molecule has 0 aromatic heterocycles. The van der Waals surface area contributed by atoms with Gasteiger partial charge in [-0.25, -0.2) is 0 Å². The fraction of sp³-hybridized carbons (Fsp3) is 0.692. The van der Waals surface area contributed by atoms with Gasteiger partial charge in [-0.1, -0.05) is 23.3 Å². The van der Waals surface area contributed by atoms with Crippen molar-refractivity contribution in [3.63, 3.8) is 0 Å². The highest BCUT2D eigenvalue weighted by atomic mass is 16.3. The van der Waals surface area contributed by atoms with Crippen LogP contribution in [0.25, 0.3) is 0 Å². The van der Waals surface area contributed by atoms with Crippen LogP contribution < -0.4 is 0 Å². The van der Waals surface area contributed by atoms with Gasteiger partial charge in [-0.2, -0.15) is 0 Å². The molecule has 0 heterocycles. The molecule has 0 aliphatic carbocycles. The number of allylic oxidation sites excluding steroid dienone is 4. The fourth-order valence-corrected chi connectivity index (χ4v) is 1.27. The van der Waals surface area contributed by atoms with Gasteiger partial charge >= 0.3 is 0 Å². The Balaban J connectivity index is 3.62. The second-order valence-electron chi connectivity index (χ2n) is 4.31. The Hall–Kier alpha value is -0.560. The van der Waals surface area contributed by atoms with Gasteiger partial charge in [0.25, 0.3) is 0 Å². The zero-order valence-electron chi connectivity index (χ0n) is 10.0. The van der Waals surface area contributed by atoms with E-state index in [2.05, 4.69) is 32.9 Å². The molecule has 0 aliphatic heterocycles. The SMILES string of the molecule is CC(C)=CCC=C(C)CCCC(C)O. The maximum Gasteiger partial charge on any atom is 0.0512 e. The van der Waals surface area contributed by atoms with Crippen molar-refractivity contribution in [1.29, 1.82) is 0 Å². The Morgan fingerprint density at radius 2 is 1.86 bits per heavy atom. The molecule has 82 valence electrons. The van der Waals surface area contributed by atoms with Gasteiger partial charge in [0.1, 0.15) is 0 Å². The predicted octanol–water partition coefficient (Wildman–Crippen LogP) is 3.84. The van der Waals surface area contributed by atoms with E-state index in [0.29, 0.717) is 0 Å². The Morgan fingerprint density at radius 3 is 2.36 bits per heavy atom. The highest BCUT2D eigenvalue weighted by Crippen LogP contribution is 2.09. The molecule has 0 amide bonds. The smallest absolute Gasteiger partial charge is 0.0512 e. The summed E-state index contributed by atoms with van der Waals surface area (Å²) in [6.45, 7) is 8.26. The molecule has 1 nitrogen and oxygen atoms in total. The van der Waals surface area contributed by atoms with Crippen LogP contribution in [0, 0.1) is 0 Å². The van der Waals surface area contributed by atoms with E-state index < -0.39 is 0 Å². The second kappa shape index (κ2) is 7.81. The minimum atomic E-state index is -0.152. The summed E-state index contributed by atoms with van der Waals surface area (Å²) in [4.78, 5) is 0. The summed E-state index contributed by atoms with van der Waals surface area (Å²) in [7, 11) is 0. The average Bonchev–Trinajstić information content (AvgIpc) is 2.02. The van der Waals surface area contributed by atoms with Gasteiger partial charge in [0.15, 0.2) is 0 Å². The summed E-state index contributed by atoms with van der Waals surface area (Å²) in [5.74, 6) is 0. The highest BCUT2D eigenvalue weighted by Gasteiger charge is 1.95. The molecule has 0 saturated heterocycles. The number of aliphatic hydroxyl groups excluding tert-OH is 1. The van der Waals surface area contributed by atoms with Crippen LogP contribution in [0.1, 0.15) is 53.4 Å². The summed E-state index contributed by atoms with van der Waals surface area (Å²) < 4.78 is 0. The van der Waals surface area contributed by atoms with Crippen LogP contribution >= 0.6 is 0 Å². The highest BCUT2D eigenvalue weighted by molar-refractivity contribution is 5.04. The van der Waals surface area contributed by atoms with Crippen molar-refractivity contribution in [1.82, 2.24) is 0 Å². The van der Waals surface area contributed by atoms with E-state index in [0.717, 1.165) is 25.7 Å². The quantitative estimate of drug-likeness (QED) is 0.640. The molecule has 0 bridgehead atoms. The topological polar surface area (TPSA) is 20.2 Å². The monoisotopic (exact) mass is 196 g/mol. The molecule has 0 saturated carbocycles. The molecule has 0 aliphatic rings. The van der Waals surface area contributed by atoms with E-state index in [-0.39, 0.29) is 6.10 Å². The van der Waals surface area contributed by atoms with E-state index >= 15 is 0 Å². The molecule has 14 heavy (non-hydrogen) atoms. The van der Waals surface area contributed by atoms with Gasteiger partial charge in [-0.3, -0.25) is 0 Å². The molecular weight excluding hydrogens is 172 g/mol. The van der Waals surface area contributed by atoms with E-state index in [4.69, 9.17) is 5.11 Å². The normalized spacial score (nSPS) is 13.9. The molecule has 1 heteroatoms. The van der Waals surface area contributed by atoms with Crippen LogP contribution in [0.5, 0.6) is 0 Å². The van der Waals surface area contributed by atoms with Crippen LogP contribution in [-0.4, -0.2) is 11.2 Å². The van der Waals surface area contributed by atoms with Gasteiger partial charge < -0.3 is 5.11 Å². The first-order chi connectivity index (χ1) is 6.52. The number of rotatable bonds is 6. The molecule has 0 rings (SSSR count). The molecular formula is C13H24O. The standard InChI is InChI=1S/C13H24O/c1-11(2)7-5-8-12(3)9-6-10-13(4)14/h7-8,13-14H,5-6,9-10H2,1-4H3. The molecule has 0 radical (unpaired) electrons. The van der Waals surface area contributed by atoms with Crippen molar-refractivity contribution in [2.24, 2.45) is 0 Å². The van der Waals surface area contributed by atoms with Gasteiger partial charge in [0, 0.05) is 0 Å². The third-order valence-electron chi connectivity index (χ3n) is 2.19. The summed E-state index contributed by atoms with van der Waals surface area (Å²) >= 11 is 0. The van der Waals surface area contributed by atoms with Crippen molar-refractivity contribution in [3.8, 4) is 0 Å². The van der Waals surface area contributed by atoms with Crippen molar-refractivity contribution < 1.29 is 5.11 Å². The molecule has 0 aromatic carbocycles. The van der Waals surface area contributed by atoms with Crippen LogP contribution in [0.4, 0.5) is 0 Å². The number of hydrogen-bond donors (Lipinski definition) is 1. The summed E-state index contributed by atoms with van der Waals surface area (Å²) in [6, 6.07) is 0. The van der Waals surface area contributed by atoms with Crippen LogP contribution in [-0.2, 0) is 0 Å². The maximum absolute atomic E-state index is 9.09. The largest absolute Gasteiger partial charge is 0.393 e. The summed E-state index contributed by atoms with van der Waals surface area (Å²) in [5.41, 5.74) is 2.81. The van der Waals surface area contributed by atoms with E-state index in [9.17, 15) is 0 Å². The average molecular weight is 196 g/mol. The van der Waals surface area contributed by atoms with Crippen LogP contribution in [0.2, 0.25) is 0 Å². The predicted molar refractivity (Wildman–Crippen MR) is 63.3 cm³/mol. The lowest BCUT2D eigenvalue weighted by Crippen LogP contribution is -1.98. The van der Waals surface area contributed by atoms with E-state index in [1.807, 2.05) is 6.92 Å². The summed E-state index contributed by atoms with van der Waals surface area (Å²) in [5, 5.41) is 9.09. The fourth-order valence-electron chi connectivity index (χ4n) is 1.27. The van der Waals surface area contributed by atoms with Crippen LogP contribution in [0.3, 0.4) is 0 Å². The lowest BCUT2D eigenvalue weighted by atomic mass is 10.1. The van der Waals surface area contributed by atoms with Gasteiger partial charge in [0.2, 0.25) is 0 Å². The Labute approximate surface area is 88.5 Å². The first-order valence-corrected chi connectivity index (χ1v) is 5.49. The zero-order valence-corrected chi connectivity index (χ0v) is 10.0. The Morgan fingerprint density at radius 1 is 1.21 bits per heavy atom. The molecule has 1 N–H and O–H groups in total. The van der Waals surface area contributed by atoms with Crippen molar-refractivity contribution >= 4 is 0 Å². The minimum Gasteiger partial charge on any atom is -0.393 e. The third-order valence-corrected chi connectivity index (χ3v) is 2.19. The zero-order chi connectivity index (χ0) is 11.0. The Kier molecular flexibility index (Phi) is 7.50. The molecule has 0 spiro atoms. The second-order valence-corrected chi connectivity index (χ2v) is 4.31. The van der Waals surface area contributed by atoms with E-state index in [1.165, 1.54) is 11.1 Å². The maximum atomic E-state index is 9.09. The first-order valence-electron chi connectivity index (χ1n) is 5.49. The van der Waals surface area contributed by atoms with Crippen molar-refractivity contribution in [3.05, 3.63) is 23.3 Å². The third kappa shape index (κ3) is 9.53. The van der Waals surface area contributed by atoms with Crippen molar-refractivity contribution in [2.75, 3.05) is 0 Å². The van der Waals surface area contributed by atoms with Gasteiger partial charge in [-0.05, 0) is 53.4 Å². The summed E-state index contributed by atoms with van der Waals surface area (Å²) in [6.07, 6.45) is 8.51. The van der Waals surface area contributed by atoms with Gasteiger partial charge in [0.05, 0.1) is 6.10 Å². The van der Waals surface area contributed by atoms with Crippen LogP contribution in [0.15, 0.2) is 23.3 Å². The number of aliphatic hydroxyl groups is 1. The Bertz CT molecular complexity index is 195. The minimum absolute atomic E-state index is 0.152. The molecule has 0 aromatic rings. The molecule has 1 atom stereocenters. The molecule has 1 unspecified atom stereocenters. The lowest BCUT2D eigenvalue weighted by Gasteiger charge is -2.03. The molecule has 0 fully saturated rings. The van der Waals surface area contributed by atoms with Crippen molar-refractivity contribution in [2.45, 2.75) is 59.5 Å². The first kappa shape index (κ1) is 13.4. The van der Waals surface area contributed by atoms with Gasteiger partial charge in [-0.15, -0.1) is 0 Å².